The smallest absolute Gasteiger partial charge is 0.222 e. The Bertz CT molecular complexity index is 703. The molecule has 94 valence electrons. The summed E-state index contributed by atoms with van der Waals surface area (Å²) in [7, 11) is 2.08. The van der Waals surface area contributed by atoms with E-state index in [4.69, 9.17) is 0 Å². The quantitative estimate of drug-likeness (QED) is 0.648. The van der Waals surface area contributed by atoms with Crippen LogP contribution in [-0.4, -0.2) is 4.98 Å². The molecule has 0 aliphatic heterocycles. The van der Waals surface area contributed by atoms with E-state index in [1.54, 1.807) is 11.3 Å². The summed E-state index contributed by atoms with van der Waals surface area (Å²) < 4.78 is 2.17. The van der Waals surface area contributed by atoms with E-state index in [0.29, 0.717) is 0 Å². The van der Waals surface area contributed by atoms with Gasteiger partial charge in [-0.15, -0.1) is 11.3 Å². The standard InChI is InChI=1S/C16H15N2S/c1-12-6-3-4-7-13(12)15-14(8-5-10-18(15)2)16-17-9-11-19-16/h3-11H,1-2H3/q+1. The lowest BCUT2D eigenvalue weighted by atomic mass is 10.0. The van der Waals surface area contributed by atoms with Crippen LogP contribution in [0.3, 0.4) is 0 Å². The van der Waals surface area contributed by atoms with E-state index < -0.39 is 0 Å². The number of hydrogen-bond acceptors (Lipinski definition) is 2. The highest BCUT2D eigenvalue weighted by Gasteiger charge is 2.19. The van der Waals surface area contributed by atoms with Crippen molar-refractivity contribution in [3.8, 4) is 21.8 Å². The van der Waals surface area contributed by atoms with Crippen LogP contribution in [0.2, 0.25) is 0 Å². The number of nitrogens with zero attached hydrogens (tertiary/aromatic N) is 2. The molecular formula is C16H15N2S+. The third kappa shape index (κ3) is 2.17. The topological polar surface area (TPSA) is 16.8 Å². The van der Waals surface area contributed by atoms with Crippen LogP contribution in [0.1, 0.15) is 5.56 Å². The maximum atomic E-state index is 4.45. The Morgan fingerprint density at radius 2 is 1.84 bits per heavy atom. The van der Waals surface area contributed by atoms with Crippen molar-refractivity contribution in [2.24, 2.45) is 7.05 Å². The second-order valence-corrected chi connectivity index (χ2v) is 5.43. The number of rotatable bonds is 2. The second kappa shape index (κ2) is 4.94. The summed E-state index contributed by atoms with van der Waals surface area (Å²) in [5.74, 6) is 0. The van der Waals surface area contributed by atoms with Gasteiger partial charge in [0, 0.05) is 23.2 Å². The zero-order valence-electron chi connectivity index (χ0n) is 11.0. The molecule has 0 bridgehead atoms. The maximum Gasteiger partial charge on any atom is 0.222 e. The van der Waals surface area contributed by atoms with E-state index in [2.05, 4.69) is 66.1 Å². The Morgan fingerprint density at radius 3 is 2.58 bits per heavy atom. The Kier molecular flexibility index (Phi) is 3.13. The van der Waals surface area contributed by atoms with Crippen molar-refractivity contribution in [2.45, 2.75) is 6.92 Å². The van der Waals surface area contributed by atoms with Gasteiger partial charge < -0.3 is 0 Å². The summed E-state index contributed by atoms with van der Waals surface area (Å²) in [5.41, 5.74) is 4.95. The lowest BCUT2D eigenvalue weighted by Gasteiger charge is -2.07. The summed E-state index contributed by atoms with van der Waals surface area (Å²) in [6, 6.07) is 12.7. The van der Waals surface area contributed by atoms with E-state index in [-0.39, 0.29) is 0 Å². The van der Waals surface area contributed by atoms with Gasteiger partial charge in [0.1, 0.15) is 12.1 Å². The highest BCUT2D eigenvalue weighted by atomic mass is 32.1. The molecule has 0 atom stereocenters. The SMILES string of the molecule is Cc1ccccc1-c1c(-c2nccs2)ccc[n+]1C. The van der Waals surface area contributed by atoms with Crippen molar-refractivity contribution in [2.75, 3.05) is 0 Å². The molecule has 3 heteroatoms. The molecule has 0 aliphatic rings. The predicted octanol–water partition coefficient (Wildman–Crippen LogP) is 3.61. The Balaban J connectivity index is 2.29. The van der Waals surface area contributed by atoms with Crippen molar-refractivity contribution < 1.29 is 4.57 Å². The minimum Gasteiger partial charge on any atom is -0.244 e. The molecule has 0 spiro atoms. The van der Waals surface area contributed by atoms with Gasteiger partial charge in [-0.1, -0.05) is 18.2 Å². The number of benzene rings is 1. The summed E-state index contributed by atoms with van der Waals surface area (Å²) in [6.07, 6.45) is 3.94. The minimum atomic E-state index is 1.06. The molecule has 19 heavy (non-hydrogen) atoms. The Hall–Kier alpha value is -2.00. The maximum absolute atomic E-state index is 4.45. The van der Waals surface area contributed by atoms with Crippen LogP contribution in [-0.2, 0) is 7.05 Å². The molecule has 2 nitrogen and oxygen atoms in total. The summed E-state index contributed by atoms with van der Waals surface area (Å²) >= 11 is 1.67. The molecule has 0 unspecified atom stereocenters. The van der Waals surface area contributed by atoms with E-state index in [9.17, 15) is 0 Å². The van der Waals surface area contributed by atoms with Gasteiger partial charge in [0.15, 0.2) is 6.20 Å². The molecule has 2 aromatic heterocycles. The van der Waals surface area contributed by atoms with Crippen LogP contribution in [0.4, 0.5) is 0 Å². The molecule has 0 saturated heterocycles. The van der Waals surface area contributed by atoms with E-state index in [1.165, 1.54) is 22.4 Å². The fourth-order valence-corrected chi connectivity index (χ4v) is 2.98. The molecule has 0 fully saturated rings. The van der Waals surface area contributed by atoms with E-state index >= 15 is 0 Å². The highest BCUT2D eigenvalue weighted by molar-refractivity contribution is 7.13. The third-order valence-electron chi connectivity index (χ3n) is 3.24. The first kappa shape index (κ1) is 12.1. The van der Waals surface area contributed by atoms with Gasteiger partial charge in [0.25, 0.3) is 0 Å². The van der Waals surface area contributed by atoms with Gasteiger partial charge >= 0.3 is 0 Å². The number of pyridine rings is 1. The van der Waals surface area contributed by atoms with E-state index in [0.717, 1.165) is 5.01 Å². The first-order chi connectivity index (χ1) is 9.27. The van der Waals surface area contributed by atoms with Crippen molar-refractivity contribution in [3.63, 3.8) is 0 Å². The first-order valence-corrected chi connectivity index (χ1v) is 7.10. The minimum absolute atomic E-state index is 1.06. The van der Waals surface area contributed by atoms with Crippen molar-refractivity contribution in [3.05, 3.63) is 59.7 Å². The van der Waals surface area contributed by atoms with Crippen LogP contribution in [0.25, 0.3) is 21.8 Å². The molecule has 0 amide bonds. The van der Waals surface area contributed by atoms with Crippen LogP contribution in [0.15, 0.2) is 54.2 Å². The molecule has 3 rings (SSSR count). The van der Waals surface area contributed by atoms with Gasteiger partial charge in [-0.3, -0.25) is 0 Å². The van der Waals surface area contributed by atoms with Gasteiger partial charge in [-0.25, -0.2) is 9.55 Å². The third-order valence-corrected chi connectivity index (χ3v) is 4.05. The fourth-order valence-electron chi connectivity index (χ4n) is 2.31. The molecule has 2 heterocycles. The first-order valence-electron chi connectivity index (χ1n) is 6.22. The molecular weight excluding hydrogens is 252 g/mol. The number of thiazole rings is 1. The number of hydrogen-bond donors (Lipinski definition) is 0. The summed E-state index contributed by atoms with van der Waals surface area (Å²) in [4.78, 5) is 4.45. The van der Waals surface area contributed by atoms with Crippen LogP contribution in [0.5, 0.6) is 0 Å². The largest absolute Gasteiger partial charge is 0.244 e. The molecule has 0 N–H and O–H groups in total. The normalized spacial score (nSPS) is 10.6. The monoisotopic (exact) mass is 267 g/mol. The van der Waals surface area contributed by atoms with Crippen molar-refractivity contribution in [1.29, 1.82) is 0 Å². The van der Waals surface area contributed by atoms with Gasteiger partial charge in [-0.05, 0) is 24.6 Å². The summed E-state index contributed by atoms with van der Waals surface area (Å²) in [5, 5.41) is 3.08. The average molecular weight is 267 g/mol. The highest BCUT2D eigenvalue weighted by Crippen LogP contribution is 2.31. The van der Waals surface area contributed by atoms with Gasteiger partial charge in [0.2, 0.25) is 5.69 Å². The van der Waals surface area contributed by atoms with Crippen LogP contribution in [0, 0.1) is 6.92 Å². The predicted molar refractivity (Wildman–Crippen MR) is 78.9 cm³/mol. The molecule has 3 aromatic rings. The van der Waals surface area contributed by atoms with Crippen molar-refractivity contribution in [1.82, 2.24) is 4.98 Å². The van der Waals surface area contributed by atoms with Crippen LogP contribution < -0.4 is 4.57 Å². The molecule has 0 aliphatic carbocycles. The Morgan fingerprint density at radius 1 is 1.05 bits per heavy atom. The van der Waals surface area contributed by atoms with Gasteiger partial charge in [0.05, 0.1) is 5.56 Å². The Labute approximate surface area is 117 Å². The lowest BCUT2D eigenvalue weighted by molar-refractivity contribution is -0.660. The molecule has 1 aromatic carbocycles. The second-order valence-electron chi connectivity index (χ2n) is 4.53. The zero-order chi connectivity index (χ0) is 13.2. The van der Waals surface area contributed by atoms with E-state index in [1.807, 2.05) is 11.6 Å². The average Bonchev–Trinajstić information content (AvgIpc) is 2.93. The van der Waals surface area contributed by atoms with Crippen molar-refractivity contribution >= 4 is 11.3 Å². The molecule has 0 radical (unpaired) electrons. The number of aryl methyl sites for hydroxylation is 2. The number of aromatic nitrogens is 2. The van der Waals surface area contributed by atoms with Gasteiger partial charge in [-0.2, -0.15) is 0 Å². The fraction of sp³-hybridized carbons (Fsp3) is 0.125. The van der Waals surface area contributed by atoms with Crippen LogP contribution >= 0.6 is 11.3 Å². The zero-order valence-corrected chi connectivity index (χ0v) is 11.8. The summed E-state index contributed by atoms with van der Waals surface area (Å²) in [6.45, 7) is 2.15. The molecule has 0 saturated carbocycles. The lowest BCUT2D eigenvalue weighted by Crippen LogP contribution is -2.31.